The molecule has 0 fully saturated rings. The first kappa shape index (κ1) is 21.3. The second-order valence-electron chi connectivity index (χ2n) is 6.62. The number of ether oxygens (including phenoxy) is 2. The van der Waals surface area contributed by atoms with Crippen molar-refractivity contribution in [3.8, 4) is 0 Å². The van der Waals surface area contributed by atoms with Crippen LogP contribution in [0.1, 0.15) is 30.9 Å². The van der Waals surface area contributed by atoms with E-state index in [4.69, 9.17) is 9.47 Å². The van der Waals surface area contributed by atoms with E-state index in [2.05, 4.69) is 58.9 Å². The lowest BCUT2D eigenvalue weighted by Crippen LogP contribution is -2.39. The molecule has 0 aliphatic carbocycles. The Morgan fingerprint density at radius 2 is 1.85 bits per heavy atom. The smallest absolute Gasteiger partial charge is 0.191 e. The Morgan fingerprint density at radius 3 is 2.63 bits per heavy atom. The van der Waals surface area contributed by atoms with Crippen molar-refractivity contribution in [2.24, 2.45) is 4.99 Å². The minimum atomic E-state index is 0.636. The molecule has 0 saturated carbocycles. The van der Waals surface area contributed by atoms with Gasteiger partial charge in [0.25, 0.3) is 0 Å². The van der Waals surface area contributed by atoms with E-state index in [1.807, 2.05) is 0 Å². The van der Waals surface area contributed by atoms with E-state index in [0.717, 1.165) is 44.9 Å². The summed E-state index contributed by atoms with van der Waals surface area (Å²) >= 11 is 0. The Hall–Kier alpha value is -2.05. The highest BCUT2D eigenvalue weighted by molar-refractivity contribution is 5.84. The van der Waals surface area contributed by atoms with Crippen LogP contribution in [0.25, 0.3) is 10.9 Å². The maximum atomic E-state index is 5.56. The van der Waals surface area contributed by atoms with E-state index in [9.17, 15) is 0 Å². The number of nitrogens with zero attached hydrogens (tertiary/aromatic N) is 1. The summed E-state index contributed by atoms with van der Waals surface area (Å²) in [6.45, 7) is 8.58. The number of hydrogen-bond acceptors (Lipinski definition) is 3. The number of H-pyrrole nitrogens is 1. The number of aromatic amines is 1. The number of aromatic nitrogens is 1. The van der Waals surface area contributed by atoms with E-state index in [1.54, 1.807) is 7.05 Å². The lowest BCUT2D eigenvalue weighted by atomic mass is 10.1. The molecule has 6 heteroatoms. The highest BCUT2D eigenvalue weighted by atomic mass is 16.5. The number of unbranched alkanes of at least 4 members (excludes halogenated alkanes) is 1. The Morgan fingerprint density at radius 1 is 1.07 bits per heavy atom. The van der Waals surface area contributed by atoms with Crippen LogP contribution in [0.2, 0.25) is 0 Å². The second kappa shape index (κ2) is 12.4. The molecule has 2 aromatic rings. The lowest BCUT2D eigenvalue weighted by molar-refractivity contribution is 0.0487. The van der Waals surface area contributed by atoms with Crippen molar-refractivity contribution in [1.82, 2.24) is 15.6 Å². The molecule has 3 N–H and O–H groups in total. The van der Waals surface area contributed by atoms with Gasteiger partial charge in [0.05, 0.1) is 19.8 Å². The quantitative estimate of drug-likeness (QED) is 0.303. The molecule has 1 aromatic carbocycles. The maximum absolute atomic E-state index is 5.56. The minimum absolute atomic E-state index is 0.636. The van der Waals surface area contributed by atoms with Crippen molar-refractivity contribution >= 4 is 16.9 Å². The summed E-state index contributed by atoms with van der Waals surface area (Å²) in [5, 5.41) is 7.92. The molecule has 0 amide bonds. The Balaban J connectivity index is 1.59. The van der Waals surface area contributed by atoms with Gasteiger partial charge in [-0.15, -0.1) is 0 Å². The standard InChI is InChI=1S/C21H34N4O2/c1-4-5-11-26-13-14-27-12-10-24-21(22-3)23-9-8-18-16-25-20-15-17(2)6-7-19(18)20/h6-7,15-16,25H,4-5,8-14H2,1-3H3,(H2,22,23,24). The number of rotatable bonds is 12. The van der Waals surface area contributed by atoms with Crippen LogP contribution in [-0.2, 0) is 15.9 Å². The van der Waals surface area contributed by atoms with Gasteiger partial charge < -0.3 is 25.1 Å². The van der Waals surface area contributed by atoms with Gasteiger partial charge in [0.1, 0.15) is 0 Å². The normalized spacial score (nSPS) is 11.9. The molecule has 0 saturated heterocycles. The third-order valence-corrected chi connectivity index (χ3v) is 4.39. The molecule has 6 nitrogen and oxygen atoms in total. The van der Waals surface area contributed by atoms with Gasteiger partial charge in [-0.1, -0.05) is 25.5 Å². The highest BCUT2D eigenvalue weighted by Crippen LogP contribution is 2.19. The van der Waals surface area contributed by atoms with Gasteiger partial charge in [-0.3, -0.25) is 4.99 Å². The zero-order valence-electron chi connectivity index (χ0n) is 16.9. The van der Waals surface area contributed by atoms with Crippen LogP contribution >= 0.6 is 0 Å². The van der Waals surface area contributed by atoms with Crippen molar-refractivity contribution in [2.45, 2.75) is 33.1 Å². The molecule has 0 aliphatic rings. The van der Waals surface area contributed by atoms with Gasteiger partial charge in [0.15, 0.2) is 5.96 Å². The first-order valence-electron chi connectivity index (χ1n) is 9.91. The molecule has 1 heterocycles. The zero-order valence-corrected chi connectivity index (χ0v) is 16.9. The van der Waals surface area contributed by atoms with E-state index >= 15 is 0 Å². The van der Waals surface area contributed by atoms with E-state index in [1.165, 1.54) is 22.0 Å². The SMILES string of the molecule is CCCCOCCOCCNC(=NC)NCCc1c[nH]c2cc(C)ccc12. The number of guanidine groups is 1. The fourth-order valence-electron chi connectivity index (χ4n) is 2.85. The number of benzene rings is 1. The van der Waals surface area contributed by atoms with Gasteiger partial charge >= 0.3 is 0 Å². The van der Waals surface area contributed by atoms with Crippen molar-refractivity contribution in [1.29, 1.82) is 0 Å². The van der Waals surface area contributed by atoms with Gasteiger partial charge in [0, 0.05) is 43.8 Å². The van der Waals surface area contributed by atoms with Crippen LogP contribution in [0.15, 0.2) is 29.4 Å². The van der Waals surface area contributed by atoms with Crippen LogP contribution < -0.4 is 10.6 Å². The van der Waals surface area contributed by atoms with Crippen molar-refractivity contribution in [2.75, 3.05) is 46.6 Å². The van der Waals surface area contributed by atoms with Gasteiger partial charge in [0.2, 0.25) is 0 Å². The van der Waals surface area contributed by atoms with Crippen LogP contribution in [0.3, 0.4) is 0 Å². The molecular formula is C21H34N4O2. The average Bonchev–Trinajstić information content (AvgIpc) is 3.07. The Kier molecular flexibility index (Phi) is 9.73. The predicted molar refractivity (Wildman–Crippen MR) is 113 cm³/mol. The van der Waals surface area contributed by atoms with Gasteiger partial charge in [-0.2, -0.15) is 0 Å². The van der Waals surface area contributed by atoms with Crippen LogP contribution in [-0.4, -0.2) is 57.5 Å². The van der Waals surface area contributed by atoms with Gasteiger partial charge in [-0.25, -0.2) is 0 Å². The maximum Gasteiger partial charge on any atom is 0.191 e. The molecule has 1 aromatic heterocycles. The number of fused-ring (bicyclic) bond motifs is 1. The predicted octanol–water partition coefficient (Wildman–Crippen LogP) is 3.02. The molecule has 0 bridgehead atoms. The van der Waals surface area contributed by atoms with E-state index in [-0.39, 0.29) is 0 Å². The number of aliphatic imine (C=N–C) groups is 1. The fraction of sp³-hybridized carbons (Fsp3) is 0.571. The molecule has 0 spiro atoms. The van der Waals surface area contributed by atoms with Crippen molar-refractivity contribution < 1.29 is 9.47 Å². The fourth-order valence-corrected chi connectivity index (χ4v) is 2.85. The highest BCUT2D eigenvalue weighted by Gasteiger charge is 2.04. The zero-order chi connectivity index (χ0) is 19.3. The third-order valence-electron chi connectivity index (χ3n) is 4.39. The first-order valence-corrected chi connectivity index (χ1v) is 9.91. The van der Waals surface area contributed by atoms with Crippen LogP contribution in [0, 0.1) is 6.92 Å². The lowest BCUT2D eigenvalue weighted by Gasteiger charge is -2.12. The van der Waals surface area contributed by atoms with Crippen molar-refractivity contribution in [3.63, 3.8) is 0 Å². The summed E-state index contributed by atoms with van der Waals surface area (Å²) in [4.78, 5) is 7.61. The van der Waals surface area contributed by atoms with Crippen LogP contribution in [0.4, 0.5) is 0 Å². The summed E-state index contributed by atoms with van der Waals surface area (Å²) in [6, 6.07) is 6.52. The summed E-state index contributed by atoms with van der Waals surface area (Å²) in [7, 11) is 1.78. The molecule has 0 aliphatic heterocycles. The molecule has 0 atom stereocenters. The second-order valence-corrected chi connectivity index (χ2v) is 6.62. The van der Waals surface area contributed by atoms with Crippen LogP contribution in [0.5, 0.6) is 0 Å². The molecule has 2 rings (SSSR count). The molecule has 150 valence electrons. The number of nitrogens with one attached hydrogen (secondary N) is 3. The van der Waals surface area contributed by atoms with Gasteiger partial charge in [-0.05, 0) is 37.0 Å². The summed E-state index contributed by atoms with van der Waals surface area (Å²) in [5.74, 6) is 0.800. The number of hydrogen-bond donors (Lipinski definition) is 3. The largest absolute Gasteiger partial charge is 0.379 e. The Labute approximate surface area is 162 Å². The molecule has 0 unspecified atom stereocenters. The Bertz CT molecular complexity index is 697. The topological polar surface area (TPSA) is 70.7 Å². The summed E-state index contributed by atoms with van der Waals surface area (Å²) in [5.41, 5.74) is 3.79. The van der Waals surface area contributed by atoms with E-state index < -0.39 is 0 Å². The first-order chi connectivity index (χ1) is 13.2. The van der Waals surface area contributed by atoms with E-state index in [0.29, 0.717) is 19.8 Å². The third kappa shape index (κ3) is 7.61. The average molecular weight is 375 g/mol. The minimum Gasteiger partial charge on any atom is -0.379 e. The molecule has 0 radical (unpaired) electrons. The molecular weight excluding hydrogens is 340 g/mol. The monoisotopic (exact) mass is 374 g/mol. The number of aryl methyl sites for hydroxylation is 1. The summed E-state index contributed by atoms with van der Waals surface area (Å²) in [6.07, 6.45) is 5.31. The van der Waals surface area contributed by atoms with Crippen molar-refractivity contribution in [3.05, 3.63) is 35.5 Å². The summed E-state index contributed by atoms with van der Waals surface area (Å²) < 4.78 is 11.0. The molecule has 27 heavy (non-hydrogen) atoms.